The van der Waals surface area contributed by atoms with E-state index in [1.165, 1.54) is 0 Å². The molecule has 0 amide bonds. The summed E-state index contributed by atoms with van der Waals surface area (Å²) >= 11 is 2.32. The molecule has 0 radical (unpaired) electrons. The lowest BCUT2D eigenvalue weighted by atomic mass is 9.77. The van der Waals surface area contributed by atoms with E-state index in [2.05, 4.69) is 34.7 Å². The fraction of sp³-hybridized carbons (Fsp3) is 0.438. The Morgan fingerprint density at radius 2 is 1.89 bits per heavy atom. The molecule has 3 heteroatoms. The van der Waals surface area contributed by atoms with Crippen molar-refractivity contribution in [1.82, 2.24) is 0 Å². The molecule has 2 aliphatic rings. The summed E-state index contributed by atoms with van der Waals surface area (Å²) in [5.41, 5.74) is 0.715. The molecule has 0 unspecified atom stereocenters. The minimum atomic E-state index is -0.920. The molecule has 2 atom stereocenters. The Bertz CT molecular complexity index is 563. The number of hydrogen-bond acceptors (Lipinski definition) is 2. The second-order valence-electron chi connectivity index (χ2n) is 5.77. The molecule has 1 aromatic carbocycles. The van der Waals surface area contributed by atoms with E-state index in [-0.39, 0.29) is 5.78 Å². The molecule has 19 heavy (non-hydrogen) atoms. The van der Waals surface area contributed by atoms with Gasteiger partial charge in [-0.3, -0.25) is 4.79 Å². The van der Waals surface area contributed by atoms with Crippen molar-refractivity contribution in [3.8, 4) is 0 Å². The number of fused-ring (bicyclic) bond motifs is 1. The molecule has 100 valence electrons. The van der Waals surface area contributed by atoms with Crippen LogP contribution in [-0.4, -0.2) is 16.5 Å². The predicted octanol–water partition coefficient (Wildman–Crippen LogP) is 3.73. The van der Waals surface area contributed by atoms with Gasteiger partial charge in [-0.2, -0.15) is 0 Å². The zero-order valence-electron chi connectivity index (χ0n) is 10.9. The summed E-state index contributed by atoms with van der Waals surface area (Å²) in [6.07, 6.45) is 2.69. The molecule has 1 aromatic rings. The van der Waals surface area contributed by atoms with Crippen molar-refractivity contribution in [2.45, 2.75) is 38.2 Å². The molecular formula is C16H17IO2. The average Bonchev–Trinajstić information content (AvgIpc) is 2.82. The van der Waals surface area contributed by atoms with E-state index in [1.54, 1.807) is 0 Å². The van der Waals surface area contributed by atoms with Gasteiger partial charge in [0.2, 0.25) is 0 Å². The Morgan fingerprint density at radius 3 is 2.58 bits per heavy atom. The van der Waals surface area contributed by atoms with Crippen LogP contribution in [0.15, 0.2) is 35.9 Å². The summed E-state index contributed by atoms with van der Waals surface area (Å²) in [5.74, 6) is 0.224. The normalized spacial score (nSPS) is 36.5. The van der Waals surface area contributed by atoms with Crippen LogP contribution in [0.3, 0.4) is 0 Å². The second kappa shape index (κ2) is 4.42. The molecule has 0 saturated heterocycles. The van der Waals surface area contributed by atoms with E-state index >= 15 is 0 Å². The van der Waals surface area contributed by atoms with Crippen LogP contribution in [0.5, 0.6) is 0 Å². The van der Waals surface area contributed by atoms with E-state index in [1.807, 2.05) is 25.1 Å². The van der Waals surface area contributed by atoms with Gasteiger partial charge in [-0.25, -0.2) is 0 Å². The van der Waals surface area contributed by atoms with Crippen LogP contribution in [0, 0.1) is 5.41 Å². The number of rotatable bonds is 1. The highest BCUT2D eigenvalue weighted by Gasteiger charge is 2.62. The maximum atomic E-state index is 12.1. The van der Waals surface area contributed by atoms with Crippen LogP contribution in [0.2, 0.25) is 0 Å². The lowest BCUT2D eigenvalue weighted by molar-refractivity contribution is -0.130. The largest absolute Gasteiger partial charge is 0.384 e. The highest BCUT2D eigenvalue weighted by molar-refractivity contribution is 14.1. The topological polar surface area (TPSA) is 37.3 Å². The van der Waals surface area contributed by atoms with Gasteiger partial charge in [0.05, 0.1) is 11.0 Å². The van der Waals surface area contributed by atoms with Crippen molar-refractivity contribution < 1.29 is 9.90 Å². The monoisotopic (exact) mass is 368 g/mol. The van der Waals surface area contributed by atoms with Gasteiger partial charge in [-0.15, -0.1) is 0 Å². The van der Waals surface area contributed by atoms with Gasteiger partial charge in [-0.05, 0) is 59.9 Å². The van der Waals surface area contributed by atoms with Gasteiger partial charge >= 0.3 is 0 Å². The summed E-state index contributed by atoms with van der Waals surface area (Å²) < 4.78 is 1.11. The molecular weight excluding hydrogens is 351 g/mol. The smallest absolute Gasteiger partial charge is 0.142 e. The first-order valence-corrected chi connectivity index (χ1v) is 7.77. The highest BCUT2D eigenvalue weighted by atomic mass is 127. The zero-order chi connectivity index (χ0) is 13.7. The Labute approximate surface area is 127 Å². The van der Waals surface area contributed by atoms with E-state index in [9.17, 15) is 9.90 Å². The average molecular weight is 368 g/mol. The molecule has 2 fully saturated rings. The predicted molar refractivity (Wildman–Crippen MR) is 83.9 cm³/mol. The number of aliphatic hydroxyl groups is 1. The first-order chi connectivity index (χ1) is 8.99. The number of Topliss-reactive ketones (excluding diaryl/α,β-unsaturated/α-hetero) is 1. The zero-order valence-corrected chi connectivity index (χ0v) is 13.1. The van der Waals surface area contributed by atoms with Crippen molar-refractivity contribution in [3.63, 3.8) is 0 Å². The number of halogens is 1. The van der Waals surface area contributed by atoms with Gasteiger partial charge in [0.1, 0.15) is 5.78 Å². The Morgan fingerprint density at radius 1 is 1.21 bits per heavy atom. The first-order valence-electron chi connectivity index (χ1n) is 6.69. The maximum absolute atomic E-state index is 12.1. The molecule has 0 aliphatic heterocycles. The fourth-order valence-electron chi connectivity index (χ4n) is 3.54. The first kappa shape index (κ1) is 13.3. The fourth-order valence-corrected chi connectivity index (χ4v) is 4.61. The molecule has 3 rings (SSSR count). The number of benzene rings is 1. The van der Waals surface area contributed by atoms with Crippen molar-refractivity contribution in [1.29, 1.82) is 0 Å². The lowest BCUT2D eigenvalue weighted by Gasteiger charge is -2.32. The number of carbonyl (C=O) groups is 1. The number of ketones is 1. The quantitative estimate of drug-likeness (QED) is 0.768. The van der Waals surface area contributed by atoms with E-state index in [0.717, 1.165) is 27.6 Å². The lowest BCUT2D eigenvalue weighted by Crippen LogP contribution is -2.41. The summed E-state index contributed by atoms with van der Waals surface area (Å²) in [5, 5.41) is 11.1. The standard InChI is InChI=1S/C16H17IO2/c1-15-9-7-12(16(15,19)10-8-13(15)18)14(17)11-5-3-2-4-6-11/h2-6,19H,7-10H2,1H3/b14-12+/t15-,16+/m0/s1. The van der Waals surface area contributed by atoms with Crippen LogP contribution < -0.4 is 0 Å². The third kappa shape index (κ3) is 1.74. The molecule has 2 aliphatic carbocycles. The Kier molecular flexibility index (Phi) is 3.09. The van der Waals surface area contributed by atoms with Gasteiger partial charge < -0.3 is 5.11 Å². The van der Waals surface area contributed by atoms with Crippen molar-refractivity contribution >= 4 is 32.0 Å². The van der Waals surface area contributed by atoms with Gasteiger partial charge in [0.25, 0.3) is 0 Å². The van der Waals surface area contributed by atoms with Crippen LogP contribution in [-0.2, 0) is 4.79 Å². The molecule has 0 spiro atoms. The van der Waals surface area contributed by atoms with Crippen molar-refractivity contribution in [3.05, 3.63) is 41.5 Å². The van der Waals surface area contributed by atoms with Crippen LogP contribution in [0.25, 0.3) is 3.58 Å². The summed E-state index contributed by atoms with van der Waals surface area (Å²) in [6.45, 7) is 1.93. The van der Waals surface area contributed by atoms with Crippen molar-refractivity contribution in [2.24, 2.45) is 5.41 Å². The van der Waals surface area contributed by atoms with Crippen molar-refractivity contribution in [2.75, 3.05) is 0 Å². The Balaban J connectivity index is 2.11. The summed E-state index contributed by atoms with van der Waals surface area (Å²) in [7, 11) is 0. The molecule has 2 saturated carbocycles. The van der Waals surface area contributed by atoms with Gasteiger partial charge in [-0.1, -0.05) is 30.3 Å². The maximum Gasteiger partial charge on any atom is 0.142 e. The van der Waals surface area contributed by atoms with Crippen LogP contribution in [0.4, 0.5) is 0 Å². The third-order valence-corrected chi connectivity index (χ3v) is 6.18. The third-order valence-electron chi connectivity index (χ3n) is 4.91. The van der Waals surface area contributed by atoms with E-state index in [0.29, 0.717) is 12.8 Å². The second-order valence-corrected chi connectivity index (χ2v) is 6.85. The SMILES string of the molecule is C[C@@]12CC/C(=C(\I)c3ccccc3)[C@]1(O)CCC2=O. The number of carbonyl (C=O) groups excluding carboxylic acids is 1. The van der Waals surface area contributed by atoms with E-state index < -0.39 is 11.0 Å². The molecule has 0 bridgehead atoms. The van der Waals surface area contributed by atoms with Crippen LogP contribution >= 0.6 is 22.6 Å². The molecule has 1 N–H and O–H groups in total. The Hall–Kier alpha value is -0.680. The van der Waals surface area contributed by atoms with Gasteiger partial charge in [0, 0.05) is 10.0 Å². The molecule has 0 aromatic heterocycles. The molecule has 2 nitrogen and oxygen atoms in total. The van der Waals surface area contributed by atoms with Crippen LogP contribution in [0.1, 0.15) is 38.2 Å². The summed E-state index contributed by atoms with van der Waals surface area (Å²) in [4.78, 5) is 12.1. The number of hydrogen-bond donors (Lipinski definition) is 1. The highest BCUT2D eigenvalue weighted by Crippen LogP contribution is 2.59. The van der Waals surface area contributed by atoms with Gasteiger partial charge in [0.15, 0.2) is 0 Å². The molecule has 0 heterocycles. The summed E-state index contributed by atoms with van der Waals surface area (Å²) in [6, 6.07) is 10.1. The minimum Gasteiger partial charge on any atom is -0.384 e. The minimum absolute atomic E-state index is 0.224. The van der Waals surface area contributed by atoms with E-state index in [4.69, 9.17) is 0 Å².